The van der Waals surface area contributed by atoms with E-state index in [-0.39, 0.29) is 0 Å². The van der Waals surface area contributed by atoms with Gasteiger partial charge in [0.05, 0.1) is 5.56 Å². The lowest BCUT2D eigenvalue weighted by atomic mass is 10.1. The lowest BCUT2D eigenvalue weighted by molar-refractivity contribution is -0.137. The minimum Gasteiger partial charge on any atom is -0.304 e. The zero-order valence-electron chi connectivity index (χ0n) is 10.7. The quantitative estimate of drug-likeness (QED) is 0.766. The van der Waals surface area contributed by atoms with Crippen molar-refractivity contribution in [3.05, 3.63) is 35.1 Å². The van der Waals surface area contributed by atoms with E-state index in [1.165, 1.54) is 6.07 Å². The summed E-state index contributed by atoms with van der Waals surface area (Å²) < 4.78 is 51.0. The molecule has 0 aliphatic carbocycles. The van der Waals surface area contributed by atoms with Gasteiger partial charge in [-0.25, -0.2) is 4.39 Å². The summed E-state index contributed by atoms with van der Waals surface area (Å²) in [5.41, 5.74) is -0.548. The molecule has 1 aliphatic rings. The Balaban J connectivity index is 2.10. The topological polar surface area (TPSA) is 6.48 Å². The highest BCUT2D eigenvalue weighted by molar-refractivity contribution is 5.26. The number of likely N-dealkylation sites (N-methyl/N-ethyl adjacent to an activating group) is 1. The Morgan fingerprint density at radius 1 is 1.05 bits per heavy atom. The monoisotopic (exact) mass is 276 g/mol. The van der Waals surface area contributed by atoms with Crippen LogP contribution in [-0.4, -0.2) is 43.0 Å². The molecule has 1 heterocycles. The molecule has 1 aliphatic heterocycles. The minimum atomic E-state index is -4.50. The van der Waals surface area contributed by atoms with Crippen molar-refractivity contribution in [1.82, 2.24) is 9.80 Å². The molecule has 1 aromatic rings. The van der Waals surface area contributed by atoms with Crippen molar-refractivity contribution in [2.75, 3.05) is 33.2 Å². The fourth-order valence-electron chi connectivity index (χ4n) is 2.17. The zero-order chi connectivity index (χ0) is 14.0. The van der Waals surface area contributed by atoms with Crippen LogP contribution < -0.4 is 0 Å². The molecule has 0 amide bonds. The summed E-state index contributed by atoms with van der Waals surface area (Å²) in [6.07, 6.45) is -4.50. The van der Waals surface area contributed by atoms with Crippen molar-refractivity contribution in [1.29, 1.82) is 0 Å². The molecule has 0 saturated carbocycles. The fourth-order valence-corrected chi connectivity index (χ4v) is 2.17. The first kappa shape index (κ1) is 14.3. The Kier molecular flexibility index (Phi) is 4.10. The number of benzene rings is 1. The summed E-state index contributed by atoms with van der Waals surface area (Å²) in [6, 6.07) is 2.74. The number of piperazine rings is 1. The van der Waals surface area contributed by atoms with Gasteiger partial charge in [-0.1, -0.05) is 0 Å². The van der Waals surface area contributed by atoms with Crippen LogP contribution in [0.3, 0.4) is 0 Å². The van der Waals surface area contributed by atoms with E-state index < -0.39 is 17.6 Å². The SMILES string of the molecule is CN1CCN(Cc2cc(F)cc(C(F)(F)F)c2)CC1. The van der Waals surface area contributed by atoms with Crippen LogP contribution in [0, 0.1) is 5.82 Å². The molecule has 1 fully saturated rings. The van der Waals surface area contributed by atoms with E-state index in [2.05, 4.69) is 4.90 Å². The van der Waals surface area contributed by atoms with E-state index in [4.69, 9.17) is 0 Å². The Bertz CT molecular complexity index is 437. The number of alkyl halides is 3. The maximum atomic E-state index is 13.2. The standard InChI is InChI=1S/C13H16F4N2/c1-18-2-4-19(5-3-18)9-10-6-11(13(15,16)17)8-12(14)7-10/h6-8H,2-5,9H2,1H3. The van der Waals surface area contributed by atoms with Gasteiger partial charge in [-0.2, -0.15) is 13.2 Å². The van der Waals surface area contributed by atoms with Gasteiger partial charge in [0.15, 0.2) is 0 Å². The fraction of sp³-hybridized carbons (Fsp3) is 0.538. The molecule has 0 atom stereocenters. The van der Waals surface area contributed by atoms with Gasteiger partial charge in [0.2, 0.25) is 0 Å². The number of hydrogen-bond donors (Lipinski definition) is 0. The van der Waals surface area contributed by atoms with Gasteiger partial charge in [-0.05, 0) is 30.8 Å². The number of halogens is 4. The normalized spacial score (nSPS) is 18.8. The molecule has 2 nitrogen and oxygen atoms in total. The summed E-state index contributed by atoms with van der Waals surface area (Å²) in [5.74, 6) is -0.834. The highest BCUT2D eigenvalue weighted by atomic mass is 19.4. The smallest absolute Gasteiger partial charge is 0.304 e. The second kappa shape index (κ2) is 5.46. The van der Waals surface area contributed by atoms with Gasteiger partial charge in [-0.15, -0.1) is 0 Å². The van der Waals surface area contributed by atoms with E-state index in [9.17, 15) is 17.6 Å². The Morgan fingerprint density at radius 2 is 1.68 bits per heavy atom. The Hall–Kier alpha value is -1.14. The highest BCUT2D eigenvalue weighted by Gasteiger charge is 2.31. The molecule has 2 rings (SSSR count). The molecule has 0 spiro atoms. The van der Waals surface area contributed by atoms with Crippen molar-refractivity contribution in [2.24, 2.45) is 0 Å². The van der Waals surface area contributed by atoms with Crippen molar-refractivity contribution in [3.8, 4) is 0 Å². The third-order valence-corrected chi connectivity index (χ3v) is 3.29. The minimum absolute atomic E-state index is 0.356. The predicted molar refractivity (Wildman–Crippen MR) is 64.2 cm³/mol. The van der Waals surface area contributed by atoms with E-state index >= 15 is 0 Å². The summed E-state index contributed by atoms with van der Waals surface area (Å²) in [7, 11) is 2.00. The first-order valence-electron chi connectivity index (χ1n) is 6.12. The molecule has 0 radical (unpaired) electrons. The maximum absolute atomic E-state index is 13.2. The zero-order valence-corrected chi connectivity index (χ0v) is 10.7. The van der Waals surface area contributed by atoms with Crippen LogP contribution in [0.5, 0.6) is 0 Å². The van der Waals surface area contributed by atoms with Crippen molar-refractivity contribution >= 4 is 0 Å². The average Bonchev–Trinajstić information content (AvgIpc) is 2.30. The summed E-state index contributed by atoms with van der Waals surface area (Å²) in [5, 5.41) is 0. The molecule has 0 bridgehead atoms. The predicted octanol–water partition coefficient (Wildman–Crippen LogP) is 2.59. The van der Waals surface area contributed by atoms with Crippen LogP contribution in [-0.2, 0) is 12.7 Å². The van der Waals surface area contributed by atoms with Gasteiger partial charge in [-0.3, -0.25) is 4.90 Å². The molecule has 1 aromatic carbocycles. The highest BCUT2D eigenvalue weighted by Crippen LogP contribution is 2.30. The summed E-state index contributed by atoms with van der Waals surface area (Å²) in [6.45, 7) is 3.68. The second-order valence-electron chi connectivity index (χ2n) is 4.93. The molecular weight excluding hydrogens is 260 g/mol. The van der Waals surface area contributed by atoms with Crippen molar-refractivity contribution < 1.29 is 17.6 Å². The van der Waals surface area contributed by atoms with E-state index in [1.54, 1.807) is 0 Å². The Morgan fingerprint density at radius 3 is 2.26 bits per heavy atom. The van der Waals surface area contributed by atoms with Crippen molar-refractivity contribution in [2.45, 2.75) is 12.7 Å². The van der Waals surface area contributed by atoms with Crippen LogP contribution in [0.1, 0.15) is 11.1 Å². The largest absolute Gasteiger partial charge is 0.416 e. The molecule has 106 valence electrons. The second-order valence-corrected chi connectivity index (χ2v) is 4.93. The van der Waals surface area contributed by atoms with E-state index in [0.717, 1.165) is 32.2 Å². The van der Waals surface area contributed by atoms with Crippen LogP contribution >= 0.6 is 0 Å². The summed E-state index contributed by atoms with van der Waals surface area (Å²) in [4.78, 5) is 4.19. The van der Waals surface area contributed by atoms with E-state index in [0.29, 0.717) is 18.2 Å². The molecule has 6 heteroatoms. The molecule has 19 heavy (non-hydrogen) atoms. The number of rotatable bonds is 2. The maximum Gasteiger partial charge on any atom is 0.416 e. The third-order valence-electron chi connectivity index (χ3n) is 3.29. The average molecular weight is 276 g/mol. The third kappa shape index (κ3) is 3.91. The van der Waals surface area contributed by atoms with Crippen LogP contribution in [0.4, 0.5) is 17.6 Å². The van der Waals surface area contributed by atoms with Gasteiger partial charge in [0, 0.05) is 32.7 Å². The molecule has 0 N–H and O–H groups in total. The van der Waals surface area contributed by atoms with Crippen molar-refractivity contribution in [3.63, 3.8) is 0 Å². The first-order chi connectivity index (χ1) is 8.84. The molecular formula is C13H16F4N2. The lowest BCUT2D eigenvalue weighted by Crippen LogP contribution is -2.43. The van der Waals surface area contributed by atoms with Crippen LogP contribution in [0.2, 0.25) is 0 Å². The number of nitrogens with zero attached hydrogens (tertiary/aromatic N) is 2. The van der Waals surface area contributed by atoms with Gasteiger partial charge < -0.3 is 4.90 Å². The number of hydrogen-bond acceptors (Lipinski definition) is 2. The van der Waals surface area contributed by atoms with Crippen LogP contribution in [0.25, 0.3) is 0 Å². The molecule has 0 unspecified atom stereocenters. The van der Waals surface area contributed by atoms with E-state index in [1.807, 2.05) is 11.9 Å². The van der Waals surface area contributed by atoms with Crippen LogP contribution in [0.15, 0.2) is 18.2 Å². The Labute approximate surface area is 109 Å². The van der Waals surface area contributed by atoms with Gasteiger partial charge >= 0.3 is 6.18 Å². The first-order valence-corrected chi connectivity index (χ1v) is 6.12. The lowest BCUT2D eigenvalue weighted by Gasteiger charge is -2.32. The molecule has 1 saturated heterocycles. The summed E-state index contributed by atoms with van der Waals surface area (Å²) >= 11 is 0. The molecule has 0 aromatic heterocycles. The van der Waals surface area contributed by atoms with Gasteiger partial charge in [0.1, 0.15) is 5.82 Å². The van der Waals surface area contributed by atoms with Gasteiger partial charge in [0.25, 0.3) is 0 Å².